The normalized spacial score (nSPS) is 11.7. The fourth-order valence-electron chi connectivity index (χ4n) is 2.36. The molecule has 1 aromatic carbocycles. The average molecular weight is 426 g/mol. The van der Waals surface area contributed by atoms with Crippen LogP contribution in [0.15, 0.2) is 24.4 Å². The maximum atomic E-state index is 12.1. The van der Waals surface area contributed by atoms with Gasteiger partial charge in [-0.2, -0.15) is 5.26 Å². The van der Waals surface area contributed by atoms with Crippen molar-refractivity contribution in [2.45, 2.75) is 13.3 Å². The lowest BCUT2D eigenvalue weighted by Gasteiger charge is -2.06. The van der Waals surface area contributed by atoms with Crippen molar-refractivity contribution < 1.29 is 19.1 Å². The van der Waals surface area contributed by atoms with Gasteiger partial charge in [0.2, 0.25) is 0 Å². The van der Waals surface area contributed by atoms with E-state index in [1.54, 1.807) is 19.2 Å². The molecule has 120 valence electrons. The summed E-state index contributed by atoms with van der Waals surface area (Å²) in [6, 6.07) is 7.49. The first-order valence-corrected chi connectivity index (χ1v) is 8.04. The Labute approximate surface area is 147 Å². The molecule has 0 aliphatic rings. The van der Waals surface area contributed by atoms with Crippen LogP contribution in [0.5, 0.6) is 0 Å². The molecule has 1 aromatic heterocycles. The van der Waals surface area contributed by atoms with Crippen LogP contribution >= 0.6 is 22.6 Å². The quantitative estimate of drug-likeness (QED) is 0.555. The van der Waals surface area contributed by atoms with E-state index in [1.807, 2.05) is 18.2 Å². The van der Waals surface area contributed by atoms with Crippen molar-refractivity contribution in [3.8, 4) is 6.07 Å². The van der Waals surface area contributed by atoms with Crippen molar-refractivity contribution in [2.75, 3.05) is 13.7 Å². The molecule has 0 aliphatic heterocycles. The van der Waals surface area contributed by atoms with Gasteiger partial charge in [-0.15, -0.1) is 0 Å². The van der Waals surface area contributed by atoms with E-state index in [1.165, 1.54) is 11.7 Å². The van der Waals surface area contributed by atoms with E-state index in [4.69, 9.17) is 4.74 Å². The molecule has 23 heavy (non-hydrogen) atoms. The highest BCUT2D eigenvalue weighted by molar-refractivity contribution is 14.1. The van der Waals surface area contributed by atoms with Crippen molar-refractivity contribution in [1.29, 1.82) is 5.26 Å². The standard InChI is InChI=1S/C16H15IN2O4/c1-3-23-16(21)19-9-11(7-10(8-18)15(20)22-2)14-12(17)5-4-6-13(14)19/h4-6,9-10H,3,7H2,1-2H3. The van der Waals surface area contributed by atoms with Gasteiger partial charge >= 0.3 is 12.1 Å². The van der Waals surface area contributed by atoms with Crippen molar-refractivity contribution in [1.82, 2.24) is 4.57 Å². The SMILES string of the molecule is CCOC(=O)n1cc(CC(C#N)C(=O)OC)c2c(I)cccc21. The molecule has 0 N–H and O–H groups in total. The van der Waals surface area contributed by atoms with Gasteiger partial charge < -0.3 is 9.47 Å². The van der Waals surface area contributed by atoms with Crippen LogP contribution in [-0.2, 0) is 20.7 Å². The lowest BCUT2D eigenvalue weighted by molar-refractivity contribution is -0.143. The molecule has 1 unspecified atom stereocenters. The Bertz CT molecular complexity index is 791. The van der Waals surface area contributed by atoms with Crippen molar-refractivity contribution in [2.24, 2.45) is 5.92 Å². The van der Waals surface area contributed by atoms with Crippen molar-refractivity contribution in [3.63, 3.8) is 0 Å². The average Bonchev–Trinajstić information content (AvgIpc) is 2.92. The van der Waals surface area contributed by atoms with Crippen LogP contribution < -0.4 is 0 Å². The highest BCUT2D eigenvalue weighted by Crippen LogP contribution is 2.28. The Hall–Kier alpha value is -2.08. The maximum absolute atomic E-state index is 12.1. The van der Waals surface area contributed by atoms with Gasteiger partial charge in [-0.05, 0) is 47.2 Å². The molecule has 1 atom stereocenters. The summed E-state index contributed by atoms with van der Waals surface area (Å²) in [5, 5.41) is 10.0. The summed E-state index contributed by atoms with van der Waals surface area (Å²) in [5.41, 5.74) is 1.42. The van der Waals surface area contributed by atoms with E-state index in [0.29, 0.717) is 5.52 Å². The first-order valence-electron chi connectivity index (χ1n) is 6.96. The Morgan fingerprint density at radius 2 is 2.17 bits per heavy atom. The van der Waals surface area contributed by atoms with Gasteiger partial charge in [0.1, 0.15) is 5.92 Å². The third-order valence-electron chi connectivity index (χ3n) is 3.39. The number of carbonyl (C=O) groups is 2. The first kappa shape index (κ1) is 17.3. The molecule has 0 radical (unpaired) electrons. The van der Waals surface area contributed by atoms with E-state index in [2.05, 4.69) is 27.3 Å². The van der Waals surface area contributed by atoms with Gasteiger partial charge in [-0.25, -0.2) is 4.79 Å². The van der Waals surface area contributed by atoms with Crippen LogP contribution in [0.2, 0.25) is 0 Å². The fraction of sp³-hybridized carbons (Fsp3) is 0.312. The number of ether oxygens (including phenoxy) is 2. The maximum Gasteiger partial charge on any atom is 0.418 e. The largest absolute Gasteiger partial charge is 0.468 e. The van der Waals surface area contributed by atoms with Gasteiger partial charge in [0, 0.05) is 21.6 Å². The summed E-state index contributed by atoms with van der Waals surface area (Å²) in [6.45, 7) is 2.00. The van der Waals surface area contributed by atoms with Crippen LogP contribution in [0.3, 0.4) is 0 Å². The predicted octanol–water partition coefficient (Wildman–Crippen LogP) is 3.11. The topological polar surface area (TPSA) is 81.3 Å². The van der Waals surface area contributed by atoms with Gasteiger partial charge in [0.25, 0.3) is 0 Å². The summed E-state index contributed by atoms with van der Waals surface area (Å²) in [7, 11) is 1.25. The number of hydrogen-bond donors (Lipinski definition) is 0. The number of nitrogens with zero attached hydrogens (tertiary/aromatic N) is 2. The second-order valence-corrected chi connectivity index (χ2v) is 5.93. The molecule has 7 heteroatoms. The zero-order valence-corrected chi connectivity index (χ0v) is 14.9. The minimum absolute atomic E-state index is 0.173. The number of methoxy groups -OCH3 is 1. The number of carbonyl (C=O) groups excluding carboxylic acids is 2. The second kappa shape index (κ2) is 7.46. The van der Waals surface area contributed by atoms with Gasteiger partial charge in [0.05, 0.1) is 25.3 Å². The number of fused-ring (bicyclic) bond motifs is 1. The number of halogens is 1. The molecule has 1 heterocycles. The molecule has 0 saturated carbocycles. The van der Waals surface area contributed by atoms with E-state index in [0.717, 1.165) is 14.5 Å². The third-order valence-corrected chi connectivity index (χ3v) is 4.29. The van der Waals surface area contributed by atoms with E-state index in [9.17, 15) is 14.9 Å². The smallest absolute Gasteiger partial charge is 0.418 e. The molecule has 0 saturated heterocycles. The lowest BCUT2D eigenvalue weighted by atomic mass is 10.0. The minimum atomic E-state index is -0.919. The number of hydrogen-bond acceptors (Lipinski definition) is 5. The molecule has 0 spiro atoms. The highest BCUT2D eigenvalue weighted by Gasteiger charge is 2.23. The summed E-state index contributed by atoms with van der Waals surface area (Å²) in [4.78, 5) is 23.8. The molecule has 0 bridgehead atoms. The Morgan fingerprint density at radius 1 is 1.43 bits per heavy atom. The van der Waals surface area contributed by atoms with Crippen LogP contribution in [0.1, 0.15) is 12.5 Å². The number of nitriles is 1. The molecule has 6 nitrogen and oxygen atoms in total. The van der Waals surface area contributed by atoms with Crippen molar-refractivity contribution >= 4 is 45.6 Å². The monoisotopic (exact) mass is 426 g/mol. The summed E-state index contributed by atoms with van der Waals surface area (Å²) >= 11 is 2.16. The highest BCUT2D eigenvalue weighted by atomic mass is 127. The molecular weight excluding hydrogens is 411 g/mol. The number of esters is 1. The van der Waals surface area contributed by atoms with Crippen LogP contribution in [0, 0.1) is 20.8 Å². The summed E-state index contributed by atoms with van der Waals surface area (Å²) in [6.07, 6.45) is 1.31. The Kier molecular flexibility index (Phi) is 5.60. The van der Waals surface area contributed by atoms with Gasteiger partial charge in [-0.1, -0.05) is 6.07 Å². The second-order valence-electron chi connectivity index (χ2n) is 4.77. The number of rotatable bonds is 4. The summed E-state index contributed by atoms with van der Waals surface area (Å²) < 4.78 is 12.0. The number of aromatic nitrogens is 1. The Balaban J connectivity index is 2.54. The third kappa shape index (κ3) is 3.47. The predicted molar refractivity (Wildman–Crippen MR) is 91.9 cm³/mol. The van der Waals surface area contributed by atoms with Crippen molar-refractivity contribution in [3.05, 3.63) is 33.5 Å². The fourth-order valence-corrected chi connectivity index (χ4v) is 3.19. The molecule has 0 aliphatic carbocycles. The Morgan fingerprint density at radius 3 is 2.78 bits per heavy atom. The zero-order chi connectivity index (χ0) is 17.0. The summed E-state index contributed by atoms with van der Waals surface area (Å²) in [5.74, 6) is -1.51. The van der Waals surface area contributed by atoms with Gasteiger partial charge in [-0.3, -0.25) is 9.36 Å². The van der Waals surface area contributed by atoms with E-state index in [-0.39, 0.29) is 13.0 Å². The lowest BCUT2D eigenvalue weighted by Crippen LogP contribution is -2.17. The molecule has 2 rings (SSSR count). The number of benzene rings is 1. The van der Waals surface area contributed by atoms with Crippen LogP contribution in [0.4, 0.5) is 4.79 Å². The minimum Gasteiger partial charge on any atom is -0.468 e. The van der Waals surface area contributed by atoms with Crippen LogP contribution in [-0.4, -0.2) is 30.3 Å². The van der Waals surface area contributed by atoms with E-state index >= 15 is 0 Å². The molecule has 2 aromatic rings. The van der Waals surface area contributed by atoms with Gasteiger partial charge in [0.15, 0.2) is 0 Å². The molecular formula is C16H15IN2O4. The van der Waals surface area contributed by atoms with E-state index < -0.39 is 18.0 Å². The molecule has 0 fully saturated rings. The first-order chi connectivity index (χ1) is 11.0. The molecule has 0 amide bonds. The van der Waals surface area contributed by atoms with Crippen LogP contribution in [0.25, 0.3) is 10.9 Å². The zero-order valence-electron chi connectivity index (χ0n) is 12.7.